The van der Waals surface area contributed by atoms with Crippen LogP contribution in [-0.4, -0.2) is 55.4 Å². The van der Waals surface area contributed by atoms with E-state index < -0.39 is 11.9 Å². The fourth-order valence-electron chi connectivity index (χ4n) is 1.93. The maximum atomic E-state index is 11.8. The standard InChI is InChI=1S/C15H31N5O3/c1-10(21)8-20-13(15(17)23)6-4-5-7-18-11(2)14(22)9-19-12(3)16/h11-13,18-20H,4-9,16H2,1-3H3,(H2,17,23)/t11?,12?,13-/m0/s1. The molecule has 3 atom stereocenters. The van der Waals surface area contributed by atoms with Gasteiger partial charge in [-0.15, -0.1) is 0 Å². The summed E-state index contributed by atoms with van der Waals surface area (Å²) < 4.78 is 0. The van der Waals surface area contributed by atoms with Crippen molar-refractivity contribution in [3.63, 3.8) is 0 Å². The second-order valence-corrected chi connectivity index (χ2v) is 5.85. The minimum atomic E-state index is -0.492. The molecule has 0 aromatic rings. The van der Waals surface area contributed by atoms with E-state index >= 15 is 0 Å². The van der Waals surface area contributed by atoms with Crippen molar-refractivity contribution in [2.24, 2.45) is 11.5 Å². The van der Waals surface area contributed by atoms with Crippen molar-refractivity contribution in [3.8, 4) is 0 Å². The SMILES string of the molecule is CC(=O)CN[C@@H](CCCCNC(C)C(=O)CNC(C)N)C(N)=O. The van der Waals surface area contributed by atoms with Crippen molar-refractivity contribution in [1.29, 1.82) is 0 Å². The molecular weight excluding hydrogens is 298 g/mol. The van der Waals surface area contributed by atoms with Crippen molar-refractivity contribution in [2.45, 2.75) is 58.3 Å². The molecule has 0 aromatic heterocycles. The van der Waals surface area contributed by atoms with Crippen LogP contribution in [0, 0.1) is 0 Å². The van der Waals surface area contributed by atoms with Gasteiger partial charge < -0.3 is 16.8 Å². The summed E-state index contributed by atoms with van der Waals surface area (Å²) in [6, 6.07) is -0.739. The molecule has 23 heavy (non-hydrogen) atoms. The number of carbonyl (C=O) groups is 3. The number of nitrogens with one attached hydrogen (secondary N) is 3. The van der Waals surface area contributed by atoms with Gasteiger partial charge in [0, 0.05) is 0 Å². The zero-order valence-electron chi connectivity index (χ0n) is 14.4. The van der Waals surface area contributed by atoms with Crippen LogP contribution in [-0.2, 0) is 14.4 Å². The summed E-state index contributed by atoms with van der Waals surface area (Å²) in [7, 11) is 0. The molecule has 1 amide bonds. The molecule has 0 saturated heterocycles. The lowest BCUT2D eigenvalue weighted by Crippen LogP contribution is -2.44. The number of hydrogen-bond donors (Lipinski definition) is 5. The second kappa shape index (κ2) is 12.1. The number of hydrogen-bond acceptors (Lipinski definition) is 7. The Balaban J connectivity index is 3.86. The van der Waals surface area contributed by atoms with Gasteiger partial charge in [0.2, 0.25) is 5.91 Å². The predicted molar refractivity (Wildman–Crippen MR) is 89.6 cm³/mol. The molecule has 0 saturated carbocycles. The zero-order chi connectivity index (χ0) is 17.8. The van der Waals surface area contributed by atoms with Gasteiger partial charge >= 0.3 is 0 Å². The van der Waals surface area contributed by atoms with Gasteiger partial charge in [-0.2, -0.15) is 0 Å². The van der Waals surface area contributed by atoms with E-state index in [2.05, 4.69) is 16.0 Å². The predicted octanol–water partition coefficient (Wildman–Crippen LogP) is -1.37. The van der Waals surface area contributed by atoms with Gasteiger partial charge in [-0.05, 0) is 40.2 Å². The van der Waals surface area contributed by atoms with Crippen LogP contribution in [0.15, 0.2) is 0 Å². The third kappa shape index (κ3) is 11.8. The first-order valence-electron chi connectivity index (χ1n) is 8.01. The number of unbranched alkanes of at least 4 members (excludes halogenated alkanes) is 1. The molecule has 0 aliphatic heterocycles. The fourth-order valence-corrected chi connectivity index (χ4v) is 1.93. The van der Waals surface area contributed by atoms with Crippen molar-refractivity contribution < 1.29 is 14.4 Å². The van der Waals surface area contributed by atoms with E-state index in [1.54, 1.807) is 6.92 Å². The van der Waals surface area contributed by atoms with Crippen LogP contribution in [0.2, 0.25) is 0 Å². The molecule has 0 radical (unpaired) electrons. The van der Waals surface area contributed by atoms with E-state index in [0.717, 1.165) is 12.8 Å². The normalized spacial score (nSPS) is 15.0. The Kier molecular flexibility index (Phi) is 11.4. The van der Waals surface area contributed by atoms with Gasteiger partial charge in [0.05, 0.1) is 31.3 Å². The summed E-state index contributed by atoms with van der Waals surface area (Å²) in [6.45, 7) is 6.10. The lowest BCUT2D eigenvalue weighted by Gasteiger charge is -2.16. The topological polar surface area (TPSA) is 139 Å². The minimum Gasteiger partial charge on any atom is -0.368 e. The number of Topliss-reactive ketones (excluding diaryl/α,β-unsaturated/α-hetero) is 2. The van der Waals surface area contributed by atoms with Crippen LogP contribution in [0.25, 0.3) is 0 Å². The molecule has 0 heterocycles. The zero-order valence-corrected chi connectivity index (χ0v) is 14.4. The van der Waals surface area contributed by atoms with E-state index in [0.29, 0.717) is 13.0 Å². The largest absolute Gasteiger partial charge is 0.368 e. The minimum absolute atomic E-state index is 0.0364. The lowest BCUT2D eigenvalue weighted by atomic mass is 10.1. The number of amides is 1. The molecular formula is C15H31N5O3. The number of carbonyl (C=O) groups excluding carboxylic acids is 3. The van der Waals surface area contributed by atoms with Gasteiger partial charge in [0.1, 0.15) is 5.78 Å². The summed E-state index contributed by atoms with van der Waals surface area (Å²) in [5.74, 6) is -0.434. The average Bonchev–Trinajstić information content (AvgIpc) is 2.46. The Hall–Kier alpha value is -1.35. The summed E-state index contributed by atoms with van der Waals surface area (Å²) in [5.41, 5.74) is 10.8. The Morgan fingerprint density at radius 2 is 1.65 bits per heavy atom. The van der Waals surface area contributed by atoms with Crippen LogP contribution < -0.4 is 27.4 Å². The van der Waals surface area contributed by atoms with E-state index in [4.69, 9.17) is 11.5 Å². The van der Waals surface area contributed by atoms with Crippen LogP contribution in [0.4, 0.5) is 0 Å². The third-order valence-corrected chi connectivity index (χ3v) is 3.39. The van der Waals surface area contributed by atoms with E-state index in [1.807, 2.05) is 6.92 Å². The molecule has 0 bridgehead atoms. The third-order valence-electron chi connectivity index (χ3n) is 3.39. The fraction of sp³-hybridized carbons (Fsp3) is 0.800. The Bertz CT molecular complexity index is 387. The van der Waals surface area contributed by atoms with Crippen LogP contribution in [0.5, 0.6) is 0 Å². The summed E-state index contributed by atoms with van der Waals surface area (Å²) in [4.78, 5) is 34.0. The molecule has 0 fully saturated rings. The van der Waals surface area contributed by atoms with Crippen molar-refractivity contribution in [3.05, 3.63) is 0 Å². The average molecular weight is 329 g/mol. The molecule has 0 aliphatic rings. The lowest BCUT2D eigenvalue weighted by molar-refractivity contribution is -0.121. The molecule has 0 aromatic carbocycles. The van der Waals surface area contributed by atoms with E-state index in [-0.39, 0.29) is 36.9 Å². The maximum Gasteiger partial charge on any atom is 0.234 e. The molecule has 0 aliphatic carbocycles. The molecule has 2 unspecified atom stereocenters. The molecule has 0 spiro atoms. The van der Waals surface area contributed by atoms with Crippen LogP contribution in [0.3, 0.4) is 0 Å². The summed E-state index contributed by atoms with van der Waals surface area (Å²) in [5, 5.41) is 8.86. The van der Waals surface area contributed by atoms with Crippen LogP contribution in [0.1, 0.15) is 40.0 Å². The molecule has 7 N–H and O–H groups in total. The van der Waals surface area contributed by atoms with E-state index in [9.17, 15) is 14.4 Å². The van der Waals surface area contributed by atoms with Crippen molar-refractivity contribution >= 4 is 17.5 Å². The first-order valence-corrected chi connectivity index (χ1v) is 8.01. The summed E-state index contributed by atoms with van der Waals surface area (Å²) in [6.07, 6.45) is 1.94. The number of primary amides is 1. The Labute approximate surface area is 138 Å². The summed E-state index contributed by atoms with van der Waals surface area (Å²) >= 11 is 0. The van der Waals surface area contributed by atoms with Gasteiger partial charge in [0.15, 0.2) is 5.78 Å². The first-order chi connectivity index (χ1) is 10.7. The smallest absolute Gasteiger partial charge is 0.234 e. The maximum absolute atomic E-state index is 11.8. The molecule has 134 valence electrons. The molecule has 0 rings (SSSR count). The molecule has 8 nitrogen and oxygen atoms in total. The number of ketones is 2. The van der Waals surface area contributed by atoms with Crippen molar-refractivity contribution in [1.82, 2.24) is 16.0 Å². The highest BCUT2D eigenvalue weighted by Crippen LogP contribution is 2.00. The monoisotopic (exact) mass is 329 g/mol. The highest BCUT2D eigenvalue weighted by Gasteiger charge is 2.15. The second-order valence-electron chi connectivity index (χ2n) is 5.85. The van der Waals surface area contributed by atoms with Gasteiger partial charge in [-0.3, -0.25) is 25.0 Å². The Morgan fingerprint density at radius 1 is 1.00 bits per heavy atom. The highest BCUT2D eigenvalue weighted by molar-refractivity contribution is 5.85. The first kappa shape index (κ1) is 21.6. The van der Waals surface area contributed by atoms with Gasteiger partial charge in [0.25, 0.3) is 0 Å². The number of rotatable bonds is 14. The Morgan fingerprint density at radius 3 is 2.17 bits per heavy atom. The molecule has 8 heteroatoms. The van der Waals surface area contributed by atoms with Crippen LogP contribution >= 0.6 is 0 Å². The van der Waals surface area contributed by atoms with Gasteiger partial charge in [-0.25, -0.2) is 0 Å². The van der Waals surface area contributed by atoms with E-state index in [1.165, 1.54) is 6.92 Å². The van der Waals surface area contributed by atoms with Gasteiger partial charge in [-0.1, -0.05) is 6.42 Å². The number of nitrogens with two attached hydrogens (primary N) is 2. The highest BCUT2D eigenvalue weighted by atomic mass is 16.1. The quantitative estimate of drug-likeness (QED) is 0.196. The van der Waals surface area contributed by atoms with Crippen molar-refractivity contribution in [2.75, 3.05) is 19.6 Å².